The Hall–Kier alpha value is -0.980. The van der Waals surface area contributed by atoms with Crippen LogP contribution in [0.25, 0.3) is 0 Å². The molecule has 0 fully saturated rings. The summed E-state index contributed by atoms with van der Waals surface area (Å²) < 4.78 is 15.1. The van der Waals surface area contributed by atoms with E-state index < -0.39 is 0 Å². The Morgan fingerprint density at radius 3 is 2.53 bits per heavy atom. The zero-order valence-corrected chi connectivity index (χ0v) is 12.8. The largest absolute Gasteiger partial charge is 0.271 e. The van der Waals surface area contributed by atoms with Crippen molar-refractivity contribution in [3.05, 3.63) is 68.5 Å². The Kier molecular flexibility index (Phi) is 4.90. The number of nitrogens with one attached hydrogen (secondary N) is 1. The Bertz CT molecular complexity index is 555. The van der Waals surface area contributed by atoms with Gasteiger partial charge in [0.2, 0.25) is 0 Å². The topological polar surface area (TPSA) is 38.0 Å². The van der Waals surface area contributed by atoms with E-state index in [4.69, 9.17) is 5.84 Å². The Morgan fingerprint density at radius 2 is 1.89 bits per heavy atom. The van der Waals surface area contributed by atoms with E-state index in [9.17, 15) is 4.39 Å². The van der Waals surface area contributed by atoms with Crippen LogP contribution in [0.2, 0.25) is 0 Å². The zero-order chi connectivity index (χ0) is 13.8. The number of nitrogens with two attached hydrogens (primary N) is 1. The van der Waals surface area contributed by atoms with Crippen molar-refractivity contribution in [1.82, 2.24) is 5.43 Å². The van der Waals surface area contributed by atoms with Crippen molar-refractivity contribution in [2.45, 2.75) is 19.4 Å². The fourth-order valence-corrected chi connectivity index (χ4v) is 2.40. The van der Waals surface area contributed by atoms with Gasteiger partial charge in [-0.05, 0) is 59.7 Å². The molecule has 0 saturated carbocycles. The molecule has 0 radical (unpaired) electrons. The predicted molar refractivity (Wildman–Crippen MR) is 84.1 cm³/mol. The molecule has 2 aromatic carbocycles. The normalized spacial score (nSPS) is 12.4. The smallest absolute Gasteiger partial charge is 0.128 e. The van der Waals surface area contributed by atoms with E-state index in [-0.39, 0.29) is 11.9 Å². The molecule has 0 heterocycles. The van der Waals surface area contributed by atoms with Gasteiger partial charge in [-0.15, -0.1) is 0 Å². The molecule has 0 aliphatic rings. The molecule has 1 unspecified atom stereocenters. The van der Waals surface area contributed by atoms with Crippen molar-refractivity contribution in [2.75, 3.05) is 0 Å². The van der Waals surface area contributed by atoms with E-state index in [0.717, 1.165) is 11.1 Å². The SMILES string of the molecule is Cc1ccc(F)c(C(Cc2ccc(I)cc2)NN)c1. The summed E-state index contributed by atoms with van der Waals surface area (Å²) in [5.41, 5.74) is 5.48. The van der Waals surface area contributed by atoms with Gasteiger partial charge < -0.3 is 0 Å². The summed E-state index contributed by atoms with van der Waals surface area (Å²) in [6.07, 6.45) is 0.661. The summed E-state index contributed by atoms with van der Waals surface area (Å²) in [5.74, 6) is 5.36. The first-order chi connectivity index (χ1) is 9.10. The standard InChI is InChI=1S/C15H16FIN2/c1-10-2-7-14(16)13(8-10)15(19-18)9-11-3-5-12(17)6-4-11/h2-8,15,19H,9,18H2,1H3. The molecule has 19 heavy (non-hydrogen) atoms. The van der Waals surface area contributed by atoms with Crippen molar-refractivity contribution in [3.8, 4) is 0 Å². The van der Waals surface area contributed by atoms with Crippen LogP contribution in [0.5, 0.6) is 0 Å². The van der Waals surface area contributed by atoms with Crippen molar-refractivity contribution < 1.29 is 4.39 Å². The third-order valence-corrected chi connectivity index (χ3v) is 3.80. The van der Waals surface area contributed by atoms with Gasteiger partial charge >= 0.3 is 0 Å². The van der Waals surface area contributed by atoms with Crippen molar-refractivity contribution in [3.63, 3.8) is 0 Å². The summed E-state index contributed by atoms with van der Waals surface area (Å²) >= 11 is 2.26. The van der Waals surface area contributed by atoms with Crippen LogP contribution in [-0.4, -0.2) is 0 Å². The second-order valence-electron chi connectivity index (χ2n) is 4.57. The second-order valence-corrected chi connectivity index (χ2v) is 5.82. The molecule has 0 aliphatic heterocycles. The molecule has 0 aromatic heterocycles. The van der Waals surface area contributed by atoms with Gasteiger partial charge in [0, 0.05) is 9.13 Å². The first kappa shape index (κ1) is 14.4. The van der Waals surface area contributed by atoms with Gasteiger partial charge in [0.1, 0.15) is 5.82 Å². The van der Waals surface area contributed by atoms with E-state index in [1.165, 1.54) is 9.64 Å². The predicted octanol–water partition coefficient (Wildman–Crippen LogP) is 3.49. The van der Waals surface area contributed by atoms with Gasteiger partial charge in [-0.1, -0.05) is 29.8 Å². The van der Waals surface area contributed by atoms with Gasteiger partial charge in [0.15, 0.2) is 0 Å². The average Bonchev–Trinajstić information content (AvgIpc) is 2.41. The number of aryl methyl sites for hydroxylation is 1. The summed E-state index contributed by atoms with van der Waals surface area (Å²) in [5, 5.41) is 0. The molecule has 0 amide bonds. The molecule has 100 valence electrons. The zero-order valence-electron chi connectivity index (χ0n) is 10.7. The Balaban J connectivity index is 2.24. The number of rotatable bonds is 4. The van der Waals surface area contributed by atoms with Crippen molar-refractivity contribution in [1.29, 1.82) is 0 Å². The quantitative estimate of drug-likeness (QED) is 0.491. The Morgan fingerprint density at radius 1 is 1.21 bits per heavy atom. The molecule has 0 aliphatic carbocycles. The summed E-state index contributed by atoms with van der Waals surface area (Å²) in [4.78, 5) is 0. The molecule has 1 atom stereocenters. The fraction of sp³-hybridized carbons (Fsp3) is 0.200. The second kappa shape index (κ2) is 6.45. The molecule has 2 aromatic rings. The average molecular weight is 370 g/mol. The van der Waals surface area contributed by atoms with E-state index in [0.29, 0.717) is 12.0 Å². The number of hydrogen-bond donors (Lipinski definition) is 2. The third kappa shape index (κ3) is 3.75. The fourth-order valence-electron chi connectivity index (χ4n) is 2.05. The summed E-state index contributed by atoms with van der Waals surface area (Å²) in [6.45, 7) is 1.95. The van der Waals surface area contributed by atoms with Crippen LogP contribution in [0.1, 0.15) is 22.7 Å². The monoisotopic (exact) mass is 370 g/mol. The van der Waals surface area contributed by atoms with Gasteiger partial charge in [-0.3, -0.25) is 11.3 Å². The van der Waals surface area contributed by atoms with Gasteiger partial charge in [0.05, 0.1) is 6.04 Å². The summed E-state index contributed by atoms with van der Waals surface area (Å²) in [7, 11) is 0. The maximum atomic E-state index is 13.9. The van der Waals surface area contributed by atoms with Crippen LogP contribution >= 0.6 is 22.6 Å². The van der Waals surface area contributed by atoms with E-state index >= 15 is 0 Å². The third-order valence-electron chi connectivity index (χ3n) is 3.08. The minimum Gasteiger partial charge on any atom is -0.271 e. The van der Waals surface area contributed by atoms with Crippen LogP contribution in [0.4, 0.5) is 4.39 Å². The Labute approximate surface area is 126 Å². The molecule has 0 bridgehead atoms. The van der Waals surface area contributed by atoms with E-state index in [1.807, 2.05) is 37.3 Å². The maximum Gasteiger partial charge on any atom is 0.128 e. The highest BCUT2D eigenvalue weighted by molar-refractivity contribution is 14.1. The number of hydrogen-bond acceptors (Lipinski definition) is 2. The van der Waals surface area contributed by atoms with Crippen LogP contribution < -0.4 is 11.3 Å². The lowest BCUT2D eigenvalue weighted by molar-refractivity contribution is 0.510. The highest BCUT2D eigenvalue weighted by Gasteiger charge is 2.15. The lowest BCUT2D eigenvalue weighted by atomic mass is 9.97. The molecule has 2 nitrogen and oxygen atoms in total. The highest BCUT2D eigenvalue weighted by Crippen LogP contribution is 2.22. The minimum absolute atomic E-state index is 0.222. The molecular weight excluding hydrogens is 354 g/mol. The van der Waals surface area contributed by atoms with Crippen LogP contribution in [0.15, 0.2) is 42.5 Å². The maximum absolute atomic E-state index is 13.9. The lowest BCUT2D eigenvalue weighted by Gasteiger charge is -2.18. The molecule has 0 spiro atoms. The van der Waals surface area contributed by atoms with Crippen LogP contribution in [0.3, 0.4) is 0 Å². The molecule has 2 rings (SSSR count). The van der Waals surface area contributed by atoms with Crippen molar-refractivity contribution in [2.24, 2.45) is 5.84 Å². The molecule has 4 heteroatoms. The number of benzene rings is 2. The number of hydrazine groups is 1. The lowest BCUT2D eigenvalue weighted by Crippen LogP contribution is -2.30. The molecule has 0 saturated heterocycles. The highest BCUT2D eigenvalue weighted by atomic mass is 127. The molecule has 3 N–H and O–H groups in total. The molecular formula is C15H16FIN2. The minimum atomic E-state index is -0.223. The van der Waals surface area contributed by atoms with Gasteiger partial charge in [0.25, 0.3) is 0 Å². The van der Waals surface area contributed by atoms with E-state index in [1.54, 1.807) is 6.07 Å². The number of halogens is 2. The summed E-state index contributed by atoms with van der Waals surface area (Å²) in [6, 6.07) is 13.0. The van der Waals surface area contributed by atoms with Crippen LogP contribution in [-0.2, 0) is 6.42 Å². The van der Waals surface area contributed by atoms with Gasteiger partial charge in [-0.25, -0.2) is 4.39 Å². The van der Waals surface area contributed by atoms with Crippen LogP contribution in [0, 0.1) is 16.3 Å². The first-order valence-electron chi connectivity index (χ1n) is 6.07. The van der Waals surface area contributed by atoms with Gasteiger partial charge in [-0.2, -0.15) is 0 Å². The van der Waals surface area contributed by atoms with E-state index in [2.05, 4.69) is 28.0 Å². The first-order valence-corrected chi connectivity index (χ1v) is 7.14. The van der Waals surface area contributed by atoms with Crippen molar-refractivity contribution >= 4 is 22.6 Å².